The average molecular weight is 167 g/mol. The summed E-state index contributed by atoms with van der Waals surface area (Å²) in [4.78, 5) is 13.6. The van der Waals surface area contributed by atoms with Crippen molar-refractivity contribution < 1.29 is 4.79 Å². The molecule has 0 saturated heterocycles. The van der Waals surface area contributed by atoms with Gasteiger partial charge in [-0.1, -0.05) is 0 Å². The number of fused-ring (bicyclic) bond motifs is 1. The van der Waals surface area contributed by atoms with E-state index in [0.717, 1.165) is 29.8 Å². The van der Waals surface area contributed by atoms with Crippen molar-refractivity contribution in [3.63, 3.8) is 0 Å². The lowest BCUT2D eigenvalue weighted by Crippen LogP contribution is -2.13. The lowest BCUT2D eigenvalue weighted by Gasteiger charge is -2.10. The molecule has 1 aromatic heterocycles. The summed E-state index contributed by atoms with van der Waals surface area (Å²) < 4.78 is 0. The van der Waals surface area contributed by atoms with Crippen LogP contribution in [0.3, 0.4) is 0 Å². The third-order valence-corrected chi connectivity index (χ3v) is 3.02. The van der Waals surface area contributed by atoms with Crippen LogP contribution < -0.4 is 4.90 Å². The molecule has 2 heterocycles. The smallest absolute Gasteiger partial charge is 0.162 e. The molecule has 0 atom stereocenters. The number of aldehydes is 1. The third kappa shape index (κ3) is 0.878. The molecule has 58 valence electrons. The molecule has 3 heteroatoms. The first-order chi connectivity index (χ1) is 5.33. The Labute approximate surface area is 69.4 Å². The van der Waals surface area contributed by atoms with Gasteiger partial charge < -0.3 is 4.90 Å². The van der Waals surface area contributed by atoms with E-state index < -0.39 is 0 Å². The summed E-state index contributed by atoms with van der Waals surface area (Å²) in [6, 6.07) is 0. The zero-order valence-corrected chi connectivity index (χ0v) is 7.15. The van der Waals surface area contributed by atoms with Gasteiger partial charge in [-0.05, 0) is 17.4 Å². The highest BCUT2D eigenvalue weighted by Crippen LogP contribution is 2.34. The number of rotatable bonds is 1. The van der Waals surface area contributed by atoms with E-state index in [-0.39, 0.29) is 0 Å². The van der Waals surface area contributed by atoms with Gasteiger partial charge >= 0.3 is 0 Å². The van der Waals surface area contributed by atoms with Gasteiger partial charge in [0.1, 0.15) is 0 Å². The van der Waals surface area contributed by atoms with E-state index >= 15 is 0 Å². The van der Waals surface area contributed by atoms with Crippen molar-refractivity contribution >= 4 is 23.3 Å². The summed E-state index contributed by atoms with van der Waals surface area (Å²) in [5.41, 5.74) is 2.49. The van der Waals surface area contributed by atoms with Crippen LogP contribution in [0.1, 0.15) is 15.2 Å². The van der Waals surface area contributed by atoms with Gasteiger partial charge in [0.15, 0.2) is 6.29 Å². The second kappa shape index (κ2) is 2.34. The standard InChI is InChI=1S/C8H9NOS/c1-9-3-2-6-5-11-7(4-10)8(6)9/h4-5H,2-3H2,1H3. The van der Waals surface area contributed by atoms with Crippen LogP contribution in [0.15, 0.2) is 5.38 Å². The molecule has 2 rings (SSSR count). The summed E-state index contributed by atoms with van der Waals surface area (Å²) >= 11 is 1.55. The Balaban J connectivity index is 2.54. The molecule has 0 fully saturated rings. The first-order valence-electron chi connectivity index (χ1n) is 3.59. The fourth-order valence-corrected chi connectivity index (χ4v) is 2.45. The van der Waals surface area contributed by atoms with Crippen LogP contribution in [-0.2, 0) is 6.42 Å². The first-order valence-corrected chi connectivity index (χ1v) is 4.47. The largest absolute Gasteiger partial charge is 0.373 e. The lowest BCUT2D eigenvalue weighted by molar-refractivity contribution is 0.112. The molecule has 2 nitrogen and oxygen atoms in total. The van der Waals surface area contributed by atoms with Crippen LogP contribution in [0.2, 0.25) is 0 Å². The predicted molar refractivity (Wildman–Crippen MR) is 46.7 cm³/mol. The van der Waals surface area contributed by atoms with Gasteiger partial charge in [-0.2, -0.15) is 0 Å². The van der Waals surface area contributed by atoms with Crippen molar-refractivity contribution in [2.24, 2.45) is 0 Å². The molecule has 0 amide bonds. The molecule has 0 N–H and O–H groups in total. The zero-order chi connectivity index (χ0) is 7.84. The quantitative estimate of drug-likeness (QED) is 0.591. The number of carbonyl (C=O) groups is 1. The van der Waals surface area contributed by atoms with Crippen molar-refractivity contribution in [3.8, 4) is 0 Å². The molecule has 0 aromatic carbocycles. The number of nitrogens with zero attached hydrogens (tertiary/aromatic N) is 1. The van der Waals surface area contributed by atoms with Gasteiger partial charge in [0.05, 0.1) is 10.6 Å². The number of anilines is 1. The Morgan fingerprint density at radius 3 is 3.27 bits per heavy atom. The maximum absolute atomic E-state index is 10.6. The lowest BCUT2D eigenvalue weighted by atomic mass is 10.2. The normalized spacial score (nSPS) is 15.2. The number of likely N-dealkylation sites (N-methyl/N-ethyl adjacent to an activating group) is 1. The topological polar surface area (TPSA) is 20.3 Å². The molecule has 0 saturated carbocycles. The van der Waals surface area contributed by atoms with Crippen LogP contribution in [0.5, 0.6) is 0 Å². The van der Waals surface area contributed by atoms with Gasteiger partial charge in [0.25, 0.3) is 0 Å². The molecule has 0 bridgehead atoms. The van der Waals surface area contributed by atoms with Crippen molar-refractivity contribution in [2.45, 2.75) is 6.42 Å². The number of carbonyl (C=O) groups excluding carboxylic acids is 1. The zero-order valence-electron chi connectivity index (χ0n) is 6.33. The molecule has 1 aromatic rings. The van der Waals surface area contributed by atoms with E-state index in [0.29, 0.717) is 0 Å². The molecule has 0 aliphatic carbocycles. The summed E-state index contributed by atoms with van der Waals surface area (Å²) in [7, 11) is 2.03. The number of hydrogen-bond donors (Lipinski definition) is 0. The minimum Gasteiger partial charge on any atom is -0.373 e. The number of thiophene rings is 1. The third-order valence-electron chi connectivity index (χ3n) is 2.07. The molecule has 0 radical (unpaired) electrons. The van der Waals surface area contributed by atoms with Crippen LogP contribution in [0.25, 0.3) is 0 Å². The van der Waals surface area contributed by atoms with Crippen LogP contribution in [-0.4, -0.2) is 19.9 Å². The highest BCUT2D eigenvalue weighted by atomic mass is 32.1. The Hall–Kier alpha value is -0.830. The van der Waals surface area contributed by atoms with Gasteiger partial charge in [0.2, 0.25) is 0 Å². The molecular weight excluding hydrogens is 158 g/mol. The first kappa shape index (κ1) is 6.85. The minimum atomic E-state index is 0.875. The fourth-order valence-electron chi connectivity index (χ4n) is 1.50. The fraction of sp³-hybridized carbons (Fsp3) is 0.375. The molecule has 0 unspecified atom stereocenters. The molecule has 1 aliphatic heterocycles. The summed E-state index contributed by atoms with van der Waals surface area (Å²) in [6.45, 7) is 1.05. The Morgan fingerprint density at radius 1 is 1.73 bits per heavy atom. The van der Waals surface area contributed by atoms with Crippen molar-refractivity contribution in [1.82, 2.24) is 0 Å². The summed E-state index contributed by atoms with van der Waals surface area (Å²) in [6.07, 6.45) is 2.04. The van der Waals surface area contributed by atoms with E-state index in [4.69, 9.17) is 0 Å². The van der Waals surface area contributed by atoms with E-state index in [1.54, 1.807) is 11.3 Å². The van der Waals surface area contributed by atoms with Gasteiger partial charge in [-0.15, -0.1) is 11.3 Å². The summed E-state index contributed by atoms with van der Waals surface area (Å²) in [5, 5.41) is 2.09. The van der Waals surface area contributed by atoms with Gasteiger partial charge in [-0.25, -0.2) is 0 Å². The number of hydrogen-bond acceptors (Lipinski definition) is 3. The van der Waals surface area contributed by atoms with Crippen LogP contribution in [0.4, 0.5) is 5.69 Å². The SMILES string of the molecule is CN1CCc2csc(C=O)c21. The molecule has 11 heavy (non-hydrogen) atoms. The second-order valence-corrected chi connectivity index (χ2v) is 3.67. The average Bonchev–Trinajstić information content (AvgIpc) is 2.54. The van der Waals surface area contributed by atoms with Gasteiger partial charge in [0, 0.05) is 13.6 Å². The maximum atomic E-state index is 10.6. The van der Waals surface area contributed by atoms with E-state index in [9.17, 15) is 4.79 Å². The van der Waals surface area contributed by atoms with Crippen molar-refractivity contribution in [3.05, 3.63) is 15.8 Å². The van der Waals surface area contributed by atoms with Crippen molar-refractivity contribution in [1.29, 1.82) is 0 Å². The van der Waals surface area contributed by atoms with Crippen LogP contribution >= 0.6 is 11.3 Å². The van der Waals surface area contributed by atoms with E-state index in [1.807, 2.05) is 7.05 Å². The Kier molecular flexibility index (Phi) is 1.46. The Bertz CT molecular complexity index is 292. The molecule has 1 aliphatic rings. The van der Waals surface area contributed by atoms with E-state index in [1.165, 1.54) is 5.56 Å². The second-order valence-electron chi connectivity index (χ2n) is 2.76. The monoisotopic (exact) mass is 167 g/mol. The van der Waals surface area contributed by atoms with E-state index in [2.05, 4.69) is 10.3 Å². The van der Waals surface area contributed by atoms with Crippen molar-refractivity contribution in [2.75, 3.05) is 18.5 Å². The highest BCUT2D eigenvalue weighted by Gasteiger charge is 2.20. The minimum absolute atomic E-state index is 0.875. The molecular formula is C8H9NOS. The maximum Gasteiger partial charge on any atom is 0.162 e. The van der Waals surface area contributed by atoms with Gasteiger partial charge in [-0.3, -0.25) is 4.79 Å². The highest BCUT2D eigenvalue weighted by molar-refractivity contribution is 7.12. The predicted octanol–water partition coefficient (Wildman–Crippen LogP) is 1.55. The van der Waals surface area contributed by atoms with Crippen LogP contribution in [0, 0.1) is 0 Å². The summed E-state index contributed by atoms with van der Waals surface area (Å²) in [5.74, 6) is 0. The molecule has 0 spiro atoms. The Morgan fingerprint density at radius 2 is 2.55 bits per heavy atom.